The molecule has 0 aliphatic carbocycles. The van der Waals surface area contributed by atoms with Crippen LogP contribution in [0.2, 0.25) is 0 Å². The van der Waals surface area contributed by atoms with E-state index in [-0.39, 0.29) is 17.4 Å². The van der Waals surface area contributed by atoms with E-state index >= 15 is 0 Å². The number of pyridine rings is 1. The Morgan fingerprint density at radius 3 is 2.83 bits per heavy atom. The molecule has 122 valence electrons. The van der Waals surface area contributed by atoms with Crippen LogP contribution in [-0.2, 0) is 6.18 Å². The van der Waals surface area contributed by atoms with E-state index in [9.17, 15) is 18.0 Å². The van der Waals surface area contributed by atoms with Crippen molar-refractivity contribution in [1.29, 1.82) is 0 Å². The Morgan fingerprint density at radius 2 is 2.17 bits per heavy atom. The molecule has 9 heteroatoms. The van der Waals surface area contributed by atoms with Crippen LogP contribution in [0.15, 0.2) is 30.7 Å². The van der Waals surface area contributed by atoms with E-state index in [4.69, 9.17) is 5.73 Å². The first-order valence-electron chi connectivity index (χ1n) is 6.97. The molecular formula is C14H14F3N5O. The Morgan fingerprint density at radius 1 is 1.39 bits per heavy atom. The maximum absolute atomic E-state index is 13.1. The minimum absolute atomic E-state index is 0.0789. The zero-order valence-electron chi connectivity index (χ0n) is 12.0. The van der Waals surface area contributed by atoms with E-state index in [1.54, 1.807) is 9.58 Å². The minimum atomic E-state index is -4.45. The number of hydrogen-bond donors (Lipinski definition) is 1. The van der Waals surface area contributed by atoms with Crippen LogP contribution >= 0.6 is 0 Å². The van der Waals surface area contributed by atoms with E-state index in [1.807, 2.05) is 0 Å². The number of halogens is 3. The molecule has 0 radical (unpaired) electrons. The maximum Gasteiger partial charge on any atom is 0.419 e. The highest BCUT2D eigenvalue weighted by atomic mass is 19.4. The van der Waals surface area contributed by atoms with E-state index in [0.29, 0.717) is 19.5 Å². The highest BCUT2D eigenvalue weighted by molar-refractivity contribution is 5.92. The van der Waals surface area contributed by atoms with E-state index in [1.165, 1.54) is 24.7 Å². The average Bonchev–Trinajstić information content (AvgIpc) is 3.15. The Labute approximate surface area is 129 Å². The summed E-state index contributed by atoms with van der Waals surface area (Å²) in [5.41, 5.74) is 4.70. The lowest BCUT2D eigenvalue weighted by molar-refractivity contribution is -0.137. The molecule has 2 aromatic rings. The molecule has 2 aromatic heterocycles. The number of nitrogens with zero attached hydrogens (tertiary/aromatic N) is 4. The molecule has 1 unspecified atom stereocenters. The highest BCUT2D eigenvalue weighted by Crippen LogP contribution is 2.37. The predicted octanol–water partition coefficient (Wildman–Crippen LogP) is 1.85. The third-order valence-electron chi connectivity index (χ3n) is 3.82. The van der Waals surface area contributed by atoms with Gasteiger partial charge in [0.25, 0.3) is 5.91 Å². The number of nitrogens with two attached hydrogens (primary N) is 1. The van der Waals surface area contributed by atoms with Gasteiger partial charge in [-0.25, -0.2) is 4.98 Å². The number of carbonyl (C=O) groups is 1. The van der Waals surface area contributed by atoms with Crippen LogP contribution in [0.1, 0.15) is 28.4 Å². The fourth-order valence-electron chi connectivity index (χ4n) is 2.69. The lowest BCUT2D eigenvalue weighted by atomic mass is 10.2. The molecule has 1 fully saturated rings. The van der Waals surface area contributed by atoms with Crippen LogP contribution in [-0.4, -0.2) is 33.8 Å². The largest absolute Gasteiger partial charge is 0.419 e. The molecule has 3 rings (SSSR count). The minimum Gasteiger partial charge on any atom is -0.366 e. The molecule has 3 heterocycles. The van der Waals surface area contributed by atoms with Gasteiger partial charge in [-0.05, 0) is 18.6 Å². The van der Waals surface area contributed by atoms with Crippen LogP contribution in [0.25, 0.3) is 0 Å². The van der Waals surface area contributed by atoms with E-state index < -0.39 is 17.6 Å². The first kappa shape index (κ1) is 15.3. The highest BCUT2D eigenvalue weighted by Gasteiger charge is 2.37. The van der Waals surface area contributed by atoms with Gasteiger partial charge in [0.1, 0.15) is 5.82 Å². The number of alkyl halides is 3. The van der Waals surface area contributed by atoms with Crippen molar-refractivity contribution in [3.05, 3.63) is 41.9 Å². The van der Waals surface area contributed by atoms with Gasteiger partial charge in [-0.1, -0.05) is 0 Å². The number of anilines is 1. The van der Waals surface area contributed by atoms with Gasteiger partial charge < -0.3 is 10.6 Å². The van der Waals surface area contributed by atoms with Crippen molar-refractivity contribution < 1.29 is 18.0 Å². The zero-order valence-corrected chi connectivity index (χ0v) is 12.0. The standard InChI is InChI=1S/C14H14F3N5O/c15-14(16,17)11-2-1-4-19-13(11)21-5-3-10(8-21)22-7-9(6-20-22)12(18)23/h1-2,4,6-7,10H,3,5,8H2,(H2,18,23). The lowest BCUT2D eigenvalue weighted by Crippen LogP contribution is -2.25. The second-order valence-electron chi connectivity index (χ2n) is 5.33. The van der Waals surface area contributed by atoms with Gasteiger partial charge in [0.05, 0.1) is 23.4 Å². The topological polar surface area (TPSA) is 77.0 Å². The van der Waals surface area contributed by atoms with Crippen molar-refractivity contribution in [3.8, 4) is 0 Å². The molecule has 6 nitrogen and oxygen atoms in total. The van der Waals surface area contributed by atoms with Gasteiger partial charge in [-0.2, -0.15) is 18.3 Å². The number of primary amides is 1. The molecule has 1 saturated heterocycles. The Kier molecular flexibility index (Phi) is 3.70. The summed E-state index contributed by atoms with van der Waals surface area (Å²) in [5.74, 6) is -0.667. The van der Waals surface area contributed by atoms with Gasteiger partial charge in [-0.15, -0.1) is 0 Å². The molecule has 0 aromatic carbocycles. The van der Waals surface area contributed by atoms with Crippen molar-refractivity contribution in [1.82, 2.24) is 14.8 Å². The summed E-state index contributed by atoms with van der Waals surface area (Å²) in [6.45, 7) is 0.760. The zero-order chi connectivity index (χ0) is 16.6. The van der Waals surface area contributed by atoms with Gasteiger partial charge in [0.2, 0.25) is 0 Å². The Balaban J connectivity index is 1.81. The SMILES string of the molecule is NC(=O)c1cnn(C2CCN(c3ncccc3C(F)(F)F)C2)c1. The van der Waals surface area contributed by atoms with Crippen molar-refractivity contribution >= 4 is 11.7 Å². The lowest BCUT2D eigenvalue weighted by Gasteiger charge is -2.21. The van der Waals surface area contributed by atoms with Crippen molar-refractivity contribution in [2.75, 3.05) is 18.0 Å². The first-order valence-corrected chi connectivity index (χ1v) is 6.97. The molecule has 0 bridgehead atoms. The Hall–Kier alpha value is -2.58. The average molecular weight is 325 g/mol. The Bertz CT molecular complexity index is 727. The van der Waals surface area contributed by atoms with Gasteiger partial charge in [-0.3, -0.25) is 9.48 Å². The third-order valence-corrected chi connectivity index (χ3v) is 3.82. The van der Waals surface area contributed by atoms with Crippen LogP contribution in [0.3, 0.4) is 0 Å². The molecule has 0 saturated carbocycles. The molecular weight excluding hydrogens is 311 g/mol. The number of amides is 1. The molecule has 2 N–H and O–H groups in total. The summed E-state index contributed by atoms with van der Waals surface area (Å²) >= 11 is 0. The quantitative estimate of drug-likeness (QED) is 0.934. The molecule has 0 spiro atoms. The summed E-state index contributed by atoms with van der Waals surface area (Å²) in [6, 6.07) is 2.16. The number of carbonyl (C=O) groups excluding carboxylic acids is 1. The monoisotopic (exact) mass is 325 g/mol. The van der Waals surface area contributed by atoms with Gasteiger partial charge in [0.15, 0.2) is 0 Å². The van der Waals surface area contributed by atoms with Gasteiger partial charge >= 0.3 is 6.18 Å². The number of hydrogen-bond acceptors (Lipinski definition) is 4. The molecule has 23 heavy (non-hydrogen) atoms. The predicted molar refractivity (Wildman–Crippen MR) is 75.9 cm³/mol. The summed E-state index contributed by atoms with van der Waals surface area (Å²) in [5, 5.41) is 4.07. The summed E-state index contributed by atoms with van der Waals surface area (Å²) in [4.78, 5) is 16.6. The second-order valence-corrected chi connectivity index (χ2v) is 5.33. The molecule has 1 aliphatic heterocycles. The number of aromatic nitrogens is 3. The molecule has 1 aliphatic rings. The summed E-state index contributed by atoms with van der Waals surface area (Å²) in [6.07, 6.45) is 0.365. The normalized spacial score (nSPS) is 18.4. The van der Waals surface area contributed by atoms with Crippen molar-refractivity contribution in [2.24, 2.45) is 5.73 Å². The van der Waals surface area contributed by atoms with Crippen LogP contribution in [0, 0.1) is 0 Å². The second kappa shape index (κ2) is 5.56. The van der Waals surface area contributed by atoms with Crippen LogP contribution in [0.4, 0.5) is 19.0 Å². The smallest absolute Gasteiger partial charge is 0.366 e. The fourth-order valence-corrected chi connectivity index (χ4v) is 2.69. The van der Waals surface area contributed by atoms with Crippen LogP contribution < -0.4 is 10.6 Å². The van der Waals surface area contributed by atoms with Gasteiger partial charge in [0, 0.05) is 25.5 Å². The van der Waals surface area contributed by atoms with Crippen LogP contribution in [0.5, 0.6) is 0 Å². The fraction of sp³-hybridized carbons (Fsp3) is 0.357. The van der Waals surface area contributed by atoms with E-state index in [2.05, 4.69) is 10.1 Å². The maximum atomic E-state index is 13.1. The van der Waals surface area contributed by atoms with Crippen molar-refractivity contribution in [3.63, 3.8) is 0 Å². The third kappa shape index (κ3) is 2.99. The molecule has 1 atom stereocenters. The number of rotatable bonds is 3. The summed E-state index contributed by atoms with van der Waals surface area (Å²) < 4.78 is 40.8. The van der Waals surface area contributed by atoms with Crippen molar-refractivity contribution in [2.45, 2.75) is 18.6 Å². The first-order chi connectivity index (χ1) is 10.9. The molecule has 1 amide bonds. The van der Waals surface area contributed by atoms with E-state index in [0.717, 1.165) is 6.07 Å². The summed E-state index contributed by atoms with van der Waals surface area (Å²) in [7, 11) is 0.